The lowest BCUT2D eigenvalue weighted by Gasteiger charge is -2.29. The van der Waals surface area contributed by atoms with Gasteiger partial charge in [-0.25, -0.2) is 4.39 Å². The molecule has 1 aromatic carbocycles. The second-order valence-corrected chi connectivity index (χ2v) is 6.20. The predicted octanol–water partition coefficient (Wildman–Crippen LogP) is 3.99. The third kappa shape index (κ3) is 3.56. The summed E-state index contributed by atoms with van der Waals surface area (Å²) in [5.41, 5.74) is -0.224. The molecule has 0 spiro atoms. The second-order valence-electron chi connectivity index (χ2n) is 6.20. The zero-order chi connectivity index (χ0) is 14.0. The molecule has 0 unspecified atom stereocenters. The minimum absolute atomic E-state index is 0.0801. The molecule has 0 bridgehead atoms. The Labute approximate surface area is 108 Å². The first-order chi connectivity index (χ1) is 8.15. The van der Waals surface area contributed by atoms with Gasteiger partial charge in [0.1, 0.15) is 5.82 Å². The summed E-state index contributed by atoms with van der Waals surface area (Å²) >= 11 is 0. The number of hydrogen-bond donors (Lipinski definition) is 1. The van der Waals surface area contributed by atoms with Gasteiger partial charge in [0, 0.05) is 0 Å². The summed E-state index contributed by atoms with van der Waals surface area (Å²) in [4.78, 5) is 11.5. The molecular weight excluding hydrogens is 231 g/mol. The molecule has 2 nitrogen and oxygen atoms in total. The first-order valence-corrected chi connectivity index (χ1v) is 6.15. The van der Waals surface area contributed by atoms with Gasteiger partial charge in [0.25, 0.3) is 0 Å². The maximum atomic E-state index is 12.9. The van der Waals surface area contributed by atoms with Crippen molar-refractivity contribution in [2.24, 2.45) is 5.41 Å². The fourth-order valence-corrected chi connectivity index (χ4v) is 1.82. The van der Waals surface area contributed by atoms with E-state index >= 15 is 0 Å². The van der Waals surface area contributed by atoms with Crippen LogP contribution >= 0.6 is 0 Å². The van der Waals surface area contributed by atoms with Crippen molar-refractivity contribution in [1.29, 1.82) is 0 Å². The highest BCUT2D eigenvalue weighted by Gasteiger charge is 2.35. The van der Waals surface area contributed by atoms with Crippen LogP contribution in [0.2, 0.25) is 0 Å². The van der Waals surface area contributed by atoms with E-state index in [2.05, 4.69) is 20.8 Å². The van der Waals surface area contributed by atoms with E-state index in [-0.39, 0.29) is 11.2 Å². The lowest BCUT2D eigenvalue weighted by molar-refractivity contribution is -0.143. The van der Waals surface area contributed by atoms with Crippen LogP contribution in [-0.2, 0) is 10.2 Å². The van der Waals surface area contributed by atoms with Gasteiger partial charge >= 0.3 is 5.97 Å². The van der Waals surface area contributed by atoms with E-state index in [1.54, 1.807) is 19.1 Å². The number of benzene rings is 1. The number of carboxylic acid groups (broad SMARTS) is 1. The molecule has 0 saturated heterocycles. The molecule has 0 radical (unpaired) electrons. The van der Waals surface area contributed by atoms with Crippen molar-refractivity contribution in [3.05, 3.63) is 35.6 Å². The summed E-state index contributed by atoms with van der Waals surface area (Å²) in [6, 6.07) is 5.75. The van der Waals surface area contributed by atoms with E-state index in [0.717, 1.165) is 6.42 Å². The average molecular weight is 252 g/mol. The SMILES string of the molecule is CC(C)(C)CC[C@@](C)(C(=O)O)c1ccc(F)cc1. The Balaban J connectivity index is 3.00. The first-order valence-electron chi connectivity index (χ1n) is 6.15. The molecule has 1 aromatic rings. The standard InChI is InChI=1S/C15H21FO2/c1-14(2,3)9-10-15(4,13(17)18)11-5-7-12(16)8-6-11/h5-8H,9-10H2,1-4H3,(H,17,18)/t15-/m1/s1. The lowest BCUT2D eigenvalue weighted by atomic mass is 9.74. The Bertz CT molecular complexity index is 417. The molecule has 18 heavy (non-hydrogen) atoms. The van der Waals surface area contributed by atoms with Crippen molar-refractivity contribution in [3.8, 4) is 0 Å². The van der Waals surface area contributed by atoms with E-state index in [1.807, 2.05) is 0 Å². The van der Waals surface area contributed by atoms with Gasteiger partial charge < -0.3 is 5.11 Å². The largest absolute Gasteiger partial charge is 0.481 e. The van der Waals surface area contributed by atoms with Crippen LogP contribution < -0.4 is 0 Å². The maximum absolute atomic E-state index is 12.9. The molecule has 100 valence electrons. The van der Waals surface area contributed by atoms with Crippen molar-refractivity contribution < 1.29 is 14.3 Å². The molecule has 0 aliphatic rings. The minimum Gasteiger partial charge on any atom is -0.481 e. The smallest absolute Gasteiger partial charge is 0.313 e. The van der Waals surface area contributed by atoms with Gasteiger partial charge in [-0.05, 0) is 42.9 Å². The summed E-state index contributed by atoms with van der Waals surface area (Å²) in [6.45, 7) is 7.95. The number of halogens is 1. The van der Waals surface area contributed by atoms with Crippen LogP contribution in [0.25, 0.3) is 0 Å². The molecule has 0 aliphatic carbocycles. The number of carboxylic acids is 1. The van der Waals surface area contributed by atoms with E-state index < -0.39 is 11.4 Å². The van der Waals surface area contributed by atoms with Crippen LogP contribution in [0.1, 0.15) is 46.1 Å². The van der Waals surface area contributed by atoms with Crippen molar-refractivity contribution in [1.82, 2.24) is 0 Å². The van der Waals surface area contributed by atoms with Gasteiger partial charge in [-0.2, -0.15) is 0 Å². The van der Waals surface area contributed by atoms with Crippen LogP contribution in [0.3, 0.4) is 0 Å². The van der Waals surface area contributed by atoms with E-state index in [1.165, 1.54) is 12.1 Å². The van der Waals surface area contributed by atoms with Gasteiger partial charge in [0.2, 0.25) is 0 Å². The van der Waals surface area contributed by atoms with Crippen LogP contribution in [0.4, 0.5) is 4.39 Å². The predicted molar refractivity (Wildman–Crippen MR) is 70.1 cm³/mol. The number of aliphatic carboxylic acids is 1. The topological polar surface area (TPSA) is 37.3 Å². The van der Waals surface area contributed by atoms with Crippen LogP contribution in [0.15, 0.2) is 24.3 Å². The third-order valence-corrected chi connectivity index (χ3v) is 3.33. The highest BCUT2D eigenvalue weighted by Crippen LogP contribution is 2.34. The first kappa shape index (κ1) is 14.7. The Hall–Kier alpha value is -1.38. The highest BCUT2D eigenvalue weighted by molar-refractivity contribution is 5.80. The number of hydrogen-bond acceptors (Lipinski definition) is 1. The van der Waals surface area contributed by atoms with E-state index in [0.29, 0.717) is 12.0 Å². The molecule has 0 aromatic heterocycles. The van der Waals surface area contributed by atoms with Crippen LogP contribution in [0.5, 0.6) is 0 Å². The Morgan fingerprint density at radius 3 is 2.00 bits per heavy atom. The average Bonchev–Trinajstić information content (AvgIpc) is 2.25. The van der Waals surface area contributed by atoms with Crippen molar-refractivity contribution in [3.63, 3.8) is 0 Å². The van der Waals surface area contributed by atoms with Crippen molar-refractivity contribution in [2.75, 3.05) is 0 Å². The minimum atomic E-state index is -0.957. The molecule has 1 N–H and O–H groups in total. The summed E-state index contributed by atoms with van der Waals surface area (Å²) in [5, 5.41) is 9.46. The van der Waals surface area contributed by atoms with E-state index in [4.69, 9.17) is 0 Å². The third-order valence-electron chi connectivity index (χ3n) is 3.33. The summed E-state index contributed by atoms with van der Waals surface area (Å²) < 4.78 is 12.9. The van der Waals surface area contributed by atoms with Gasteiger partial charge in [0.15, 0.2) is 0 Å². The fourth-order valence-electron chi connectivity index (χ4n) is 1.82. The second kappa shape index (κ2) is 5.09. The normalized spacial score (nSPS) is 15.2. The zero-order valence-corrected chi connectivity index (χ0v) is 11.5. The van der Waals surface area contributed by atoms with Crippen LogP contribution in [0, 0.1) is 11.2 Å². The molecule has 0 fully saturated rings. The lowest BCUT2D eigenvalue weighted by Crippen LogP contribution is -2.33. The molecule has 1 atom stereocenters. The number of carbonyl (C=O) groups is 1. The molecule has 0 heterocycles. The van der Waals surface area contributed by atoms with Crippen molar-refractivity contribution in [2.45, 2.75) is 46.0 Å². The molecule has 0 saturated carbocycles. The monoisotopic (exact) mass is 252 g/mol. The van der Waals surface area contributed by atoms with Crippen LogP contribution in [-0.4, -0.2) is 11.1 Å². The maximum Gasteiger partial charge on any atom is 0.313 e. The molecule has 0 aliphatic heterocycles. The summed E-state index contributed by atoms with van der Waals surface area (Å²) in [5.74, 6) is -1.21. The van der Waals surface area contributed by atoms with Crippen molar-refractivity contribution >= 4 is 5.97 Å². The van der Waals surface area contributed by atoms with Gasteiger partial charge in [-0.1, -0.05) is 32.9 Å². The van der Waals surface area contributed by atoms with Gasteiger partial charge in [-0.3, -0.25) is 4.79 Å². The number of rotatable bonds is 4. The Morgan fingerprint density at radius 2 is 1.61 bits per heavy atom. The summed E-state index contributed by atoms with van der Waals surface area (Å²) in [7, 11) is 0. The Morgan fingerprint density at radius 1 is 1.11 bits per heavy atom. The zero-order valence-electron chi connectivity index (χ0n) is 11.5. The van der Waals surface area contributed by atoms with Gasteiger partial charge in [0.05, 0.1) is 5.41 Å². The van der Waals surface area contributed by atoms with Gasteiger partial charge in [-0.15, -0.1) is 0 Å². The quantitative estimate of drug-likeness (QED) is 0.879. The van der Waals surface area contributed by atoms with E-state index in [9.17, 15) is 14.3 Å². The molecular formula is C15H21FO2. The Kier molecular flexibility index (Phi) is 4.15. The fraction of sp³-hybridized carbons (Fsp3) is 0.533. The molecule has 3 heteroatoms. The molecule has 1 rings (SSSR count). The summed E-state index contributed by atoms with van der Waals surface area (Å²) in [6.07, 6.45) is 1.34. The molecule has 0 amide bonds. The highest BCUT2D eigenvalue weighted by atomic mass is 19.1.